The maximum atomic E-state index is 13.1. The van der Waals surface area contributed by atoms with E-state index in [0.29, 0.717) is 12.8 Å². The number of hydrogen-bond acceptors (Lipinski definition) is 1. The van der Waals surface area contributed by atoms with Gasteiger partial charge >= 0.3 is 0 Å². The van der Waals surface area contributed by atoms with Crippen LogP contribution < -0.4 is 0 Å². The van der Waals surface area contributed by atoms with Crippen LogP contribution in [0.2, 0.25) is 0 Å². The molecule has 0 aromatic carbocycles. The summed E-state index contributed by atoms with van der Waals surface area (Å²) in [4.78, 5) is 0. The molecule has 1 atom stereocenters. The van der Waals surface area contributed by atoms with Gasteiger partial charge in [0.15, 0.2) is 0 Å². The van der Waals surface area contributed by atoms with Gasteiger partial charge in [0.05, 0.1) is 6.61 Å². The van der Waals surface area contributed by atoms with Crippen molar-refractivity contribution in [2.75, 3.05) is 6.61 Å². The molecule has 0 radical (unpaired) electrons. The van der Waals surface area contributed by atoms with Crippen LogP contribution in [0.5, 0.6) is 0 Å². The molecule has 0 aliphatic heterocycles. The summed E-state index contributed by atoms with van der Waals surface area (Å²) in [6, 6.07) is 0. The molecule has 1 unspecified atom stereocenters. The Hall–Kier alpha value is -0.180. The van der Waals surface area contributed by atoms with Crippen LogP contribution in [0.4, 0.5) is 8.78 Å². The van der Waals surface area contributed by atoms with E-state index in [2.05, 4.69) is 0 Å². The van der Waals surface area contributed by atoms with E-state index in [9.17, 15) is 8.78 Å². The van der Waals surface area contributed by atoms with Crippen molar-refractivity contribution in [1.29, 1.82) is 0 Å². The standard InChI is InChI=1S/C8H17FO.C8H17F.2CH4/c1-7(2,3)5-8(4,9)6-10;1-7(2,3)6-8(4,5)9;;/h10H,5-6H2,1-4H3;6H2,1-5H3;2*1H4. The van der Waals surface area contributed by atoms with Crippen LogP contribution in [0.25, 0.3) is 0 Å². The first-order chi connectivity index (χ1) is 7.97. The molecule has 0 fully saturated rings. The number of aliphatic hydroxyl groups is 1. The second kappa shape index (κ2) is 9.76. The number of rotatable bonds is 3. The Morgan fingerprint density at radius 3 is 1.00 bits per heavy atom. The molecule has 134 valence electrons. The average Bonchev–Trinajstić information content (AvgIpc) is 1.93. The highest BCUT2D eigenvalue weighted by Crippen LogP contribution is 2.29. The van der Waals surface area contributed by atoms with Gasteiger partial charge in [0.25, 0.3) is 0 Å². The molecular formula is C18H42F2O. The van der Waals surface area contributed by atoms with E-state index in [1.807, 2.05) is 41.5 Å². The molecule has 0 bridgehead atoms. The molecule has 0 aliphatic carbocycles. The van der Waals surface area contributed by atoms with Crippen molar-refractivity contribution in [3.05, 3.63) is 0 Å². The van der Waals surface area contributed by atoms with Gasteiger partial charge in [0.1, 0.15) is 11.3 Å². The highest BCUT2D eigenvalue weighted by Gasteiger charge is 2.28. The number of alkyl halides is 2. The van der Waals surface area contributed by atoms with E-state index in [4.69, 9.17) is 5.11 Å². The minimum absolute atomic E-state index is 0. The highest BCUT2D eigenvalue weighted by molar-refractivity contribution is 4.78. The fraction of sp³-hybridized carbons (Fsp3) is 1.00. The molecule has 0 saturated carbocycles. The Labute approximate surface area is 133 Å². The lowest BCUT2D eigenvalue weighted by molar-refractivity contribution is 0.0489. The summed E-state index contributed by atoms with van der Waals surface area (Å²) in [5.74, 6) is 0. The molecule has 0 aromatic heterocycles. The lowest BCUT2D eigenvalue weighted by atomic mass is 9.84. The van der Waals surface area contributed by atoms with Gasteiger partial charge < -0.3 is 5.11 Å². The molecule has 0 rings (SSSR count). The lowest BCUT2D eigenvalue weighted by Gasteiger charge is -2.26. The zero-order valence-electron chi connectivity index (χ0n) is 14.3. The van der Waals surface area contributed by atoms with Crippen LogP contribution in [0.3, 0.4) is 0 Å². The summed E-state index contributed by atoms with van der Waals surface area (Å²) in [5, 5.41) is 8.58. The normalized spacial score (nSPS) is 14.9. The largest absolute Gasteiger partial charge is 0.393 e. The number of hydrogen-bond donors (Lipinski definition) is 1. The number of aliphatic hydroxyl groups excluding tert-OH is 1. The molecule has 21 heavy (non-hydrogen) atoms. The smallest absolute Gasteiger partial charge is 0.131 e. The fourth-order valence-electron chi connectivity index (χ4n) is 2.42. The predicted octanol–water partition coefficient (Wildman–Crippen LogP) is 6.59. The first-order valence-electron chi connectivity index (χ1n) is 6.96. The summed E-state index contributed by atoms with van der Waals surface area (Å²) in [6.45, 7) is 16.3. The average molecular weight is 313 g/mol. The minimum atomic E-state index is -1.42. The van der Waals surface area contributed by atoms with Crippen molar-refractivity contribution in [2.24, 2.45) is 10.8 Å². The van der Waals surface area contributed by atoms with E-state index in [1.165, 1.54) is 6.92 Å². The van der Waals surface area contributed by atoms with Crippen molar-refractivity contribution in [3.8, 4) is 0 Å². The van der Waals surface area contributed by atoms with Gasteiger partial charge in [0, 0.05) is 0 Å². The fourth-order valence-corrected chi connectivity index (χ4v) is 2.42. The first-order valence-corrected chi connectivity index (χ1v) is 6.96. The minimum Gasteiger partial charge on any atom is -0.393 e. The topological polar surface area (TPSA) is 20.2 Å². The van der Waals surface area contributed by atoms with Crippen molar-refractivity contribution < 1.29 is 13.9 Å². The molecule has 0 aromatic rings. The molecule has 0 amide bonds. The van der Waals surface area contributed by atoms with Crippen LogP contribution in [0, 0.1) is 10.8 Å². The van der Waals surface area contributed by atoms with Gasteiger partial charge in [-0.15, -0.1) is 0 Å². The van der Waals surface area contributed by atoms with Gasteiger partial charge in [-0.2, -0.15) is 0 Å². The van der Waals surface area contributed by atoms with Crippen LogP contribution in [0.15, 0.2) is 0 Å². The van der Waals surface area contributed by atoms with Crippen LogP contribution >= 0.6 is 0 Å². The maximum absolute atomic E-state index is 13.1. The van der Waals surface area contributed by atoms with E-state index in [-0.39, 0.29) is 32.3 Å². The van der Waals surface area contributed by atoms with Gasteiger partial charge in [0.2, 0.25) is 0 Å². The van der Waals surface area contributed by atoms with Crippen LogP contribution in [0.1, 0.15) is 90.0 Å². The Morgan fingerprint density at radius 1 is 0.667 bits per heavy atom. The van der Waals surface area contributed by atoms with E-state index < -0.39 is 11.3 Å². The maximum Gasteiger partial charge on any atom is 0.131 e. The van der Waals surface area contributed by atoms with Crippen molar-refractivity contribution >= 4 is 0 Å². The third-order valence-electron chi connectivity index (χ3n) is 2.18. The lowest BCUT2D eigenvalue weighted by Crippen LogP contribution is -2.29. The van der Waals surface area contributed by atoms with E-state index in [1.54, 1.807) is 13.8 Å². The van der Waals surface area contributed by atoms with Gasteiger partial charge in [-0.25, -0.2) is 8.78 Å². The van der Waals surface area contributed by atoms with Crippen LogP contribution in [-0.2, 0) is 0 Å². The van der Waals surface area contributed by atoms with Gasteiger partial charge in [-0.05, 0) is 44.4 Å². The van der Waals surface area contributed by atoms with Crippen molar-refractivity contribution in [3.63, 3.8) is 0 Å². The van der Waals surface area contributed by atoms with Crippen molar-refractivity contribution in [2.45, 2.75) is 101 Å². The molecule has 0 aliphatic rings. The second-order valence-corrected chi connectivity index (χ2v) is 8.77. The van der Waals surface area contributed by atoms with Crippen molar-refractivity contribution in [1.82, 2.24) is 0 Å². The zero-order valence-corrected chi connectivity index (χ0v) is 14.3. The number of halogens is 2. The molecule has 3 heteroatoms. The zero-order chi connectivity index (χ0) is 16.1. The molecule has 0 heterocycles. The second-order valence-electron chi connectivity index (χ2n) is 8.77. The molecule has 1 N–H and O–H groups in total. The Balaban J connectivity index is -0.000000126. The summed E-state index contributed by atoms with van der Waals surface area (Å²) in [5.41, 5.74) is -2.37. The SMILES string of the molecule is C.C.CC(C)(C)CC(C)(C)F.CC(C)(C)CC(C)(F)CO. The Kier molecular flexibility index (Phi) is 13.4. The van der Waals surface area contributed by atoms with E-state index in [0.717, 1.165) is 0 Å². The Bertz CT molecular complexity index is 227. The molecule has 0 spiro atoms. The molecule has 1 nitrogen and oxygen atoms in total. The highest BCUT2D eigenvalue weighted by atomic mass is 19.1. The van der Waals surface area contributed by atoms with Gasteiger partial charge in [-0.1, -0.05) is 56.4 Å². The third kappa shape index (κ3) is 28.7. The summed E-state index contributed by atoms with van der Waals surface area (Å²) in [7, 11) is 0. The summed E-state index contributed by atoms with van der Waals surface area (Å²) in [6.07, 6.45) is 1.02. The van der Waals surface area contributed by atoms with Crippen LogP contribution in [-0.4, -0.2) is 23.1 Å². The van der Waals surface area contributed by atoms with E-state index >= 15 is 0 Å². The van der Waals surface area contributed by atoms with Gasteiger partial charge in [-0.3, -0.25) is 0 Å². The predicted molar refractivity (Wildman–Crippen MR) is 93.4 cm³/mol. The quantitative estimate of drug-likeness (QED) is 0.623. The summed E-state index contributed by atoms with van der Waals surface area (Å²) >= 11 is 0. The molecule has 0 saturated heterocycles. The summed E-state index contributed by atoms with van der Waals surface area (Å²) < 4.78 is 26.0. The Morgan fingerprint density at radius 2 is 0.952 bits per heavy atom. The third-order valence-corrected chi connectivity index (χ3v) is 2.18. The molecular weight excluding hydrogens is 270 g/mol. The monoisotopic (exact) mass is 312 g/mol. The first kappa shape index (κ1) is 28.9.